The Balaban J connectivity index is 2.27. The first-order valence-corrected chi connectivity index (χ1v) is 8.75. The van der Waals surface area contributed by atoms with Gasteiger partial charge in [0.05, 0.1) is 27.8 Å². The Morgan fingerprint density at radius 1 is 0.793 bits per heavy atom. The summed E-state index contributed by atoms with van der Waals surface area (Å²) in [6.07, 6.45) is -0.0553. The number of methoxy groups -OCH3 is 3. The van der Waals surface area contributed by atoms with Crippen LogP contribution in [-0.2, 0) is 19.2 Å². The van der Waals surface area contributed by atoms with Gasteiger partial charge in [0.2, 0.25) is 0 Å². The molecule has 0 aliphatic rings. The molecule has 0 bridgehead atoms. The Morgan fingerprint density at radius 2 is 1.31 bits per heavy atom. The van der Waals surface area contributed by atoms with Crippen LogP contribution in [-0.4, -0.2) is 52.4 Å². The van der Waals surface area contributed by atoms with Crippen LogP contribution in [0.15, 0.2) is 58.8 Å². The van der Waals surface area contributed by atoms with E-state index in [9.17, 15) is 4.79 Å². The maximum absolute atomic E-state index is 11.5. The highest BCUT2D eigenvalue weighted by molar-refractivity contribution is 6.12. The summed E-state index contributed by atoms with van der Waals surface area (Å²) in [7, 11) is 5.90. The van der Waals surface area contributed by atoms with E-state index in [1.54, 1.807) is 14.2 Å². The minimum atomic E-state index is -0.445. The Hall–Kier alpha value is -3.55. The Labute approximate surface area is 169 Å². The van der Waals surface area contributed by atoms with Crippen molar-refractivity contribution in [2.24, 2.45) is 10.3 Å². The molecule has 2 aromatic carbocycles. The molecule has 0 aliphatic carbocycles. The van der Waals surface area contributed by atoms with Crippen LogP contribution in [0.3, 0.4) is 0 Å². The van der Waals surface area contributed by atoms with Gasteiger partial charge in [-0.2, -0.15) is 0 Å². The number of benzene rings is 2. The topological polar surface area (TPSA) is 87.9 Å². The molecule has 0 saturated carbocycles. The van der Waals surface area contributed by atoms with Crippen LogP contribution in [0, 0.1) is 0 Å². The predicted molar refractivity (Wildman–Crippen MR) is 109 cm³/mol. The van der Waals surface area contributed by atoms with Crippen LogP contribution < -0.4 is 9.47 Å². The van der Waals surface area contributed by atoms with Gasteiger partial charge in [-0.1, -0.05) is 10.3 Å². The molecule has 0 aliphatic heterocycles. The zero-order valence-electron chi connectivity index (χ0n) is 16.9. The number of ether oxygens (including phenoxy) is 3. The maximum Gasteiger partial charge on any atom is 0.311 e. The second kappa shape index (κ2) is 11.3. The molecule has 0 amide bonds. The van der Waals surface area contributed by atoms with E-state index >= 15 is 0 Å². The minimum Gasteiger partial charge on any atom is -0.497 e. The van der Waals surface area contributed by atoms with Crippen molar-refractivity contribution in [3.05, 3.63) is 59.7 Å². The van der Waals surface area contributed by atoms with Gasteiger partial charge in [-0.3, -0.25) is 4.79 Å². The molecule has 0 atom stereocenters. The summed E-state index contributed by atoms with van der Waals surface area (Å²) in [5.41, 5.74) is 2.61. The Kier molecular flexibility index (Phi) is 8.50. The van der Waals surface area contributed by atoms with Crippen molar-refractivity contribution in [3.63, 3.8) is 0 Å². The molecule has 2 aromatic rings. The molecule has 8 heteroatoms. The number of rotatable bonds is 10. The fourth-order valence-corrected chi connectivity index (χ4v) is 2.42. The van der Waals surface area contributed by atoms with Crippen LogP contribution in [0.2, 0.25) is 0 Å². The summed E-state index contributed by atoms with van der Waals surface area (Å²) in [6, 6.07) is 14.9. The quantitative estimate of drug-likeness (QED) is 0.346. The fourth-order valence-electron chi connectivity index (χ4n) is 2.42. The molecule has 29 heavy (non-hydrogen) atoms. The highest BCUT2D eigenvalue weighted by Crippen LogP contribution is 2.18. The zero-order chi connectivity index (χ0) is 21.1. The van der Waals surface area contributed by atoms with Gasteiger partial charge in [0, 0.05) is 11.1 Å². The van der Waals surface area contributed by atoms with Crippen molar-refractivity contribution < 1.29 is 28.7 Å². The zero-order valence-corrected chi connectivity index (χ0v) is 16.9. The van der Waals surface area contributed by atoms with Crippen LogP contribution in [0.5, 0.6) is 11.5 Å². The first-order chi connectivity index (χ1) is 14.1. The van der Waals surface area contributed by atoms with Crippen molar-refractivity contribution in [2.45, 2.75) is 6.42 Å². The number of carbonyl (C=O) groups is 1. The molecule has 0 heterocycles. The van der Waals surface area contributed by atoms with Crippen LogP contribution in [0.25, 0.3) is 0 Å². The lowest BCUT2D eigenvalue weighted by atomic mass is 10.0. The number of nitrogens with zero attached hydrogens (tertiary/aromatic N) is 2. The third kappa shape index (κ3) is 6.53. The fraction of sp³-hybridized carbons (Fsp3) is 0.286. The first kappa shape index (κ1) is 21.7. The van der Waals surface area contributed by atoms with Gasteiger partial charge in [-0.25, -0.2) is 0 Å². The van der Waals surface area contributed by atoms with E-state index in [1.807, 2.05) is 48.5 Å². The summed E-state index contributed by atoms with van der Waals surface area (Å²) in [4.78, 5) is 21.7. The van der Waals surface area contributed by atoms with Crippen molar-refractivity contribution >= 4 is 17.4 Å². The number of hydrogen-bond acceptors (Lipinski definition) is 8. The van der Waals surface area contributed by atoms with Gasteiger partial charge in [-0.05, 0) is 48.5 Å². The number of hydrogen-bond donors (Lipinski definition) is 0. The van der Waals surface area contributed by atoms with E-state index in [0.717, 1.165) is 22.6 Å². The summed E-state index contributed by atoms with van der Waals surface area (Å²) in [5.74, 6) is 1.02. The molecule has 0 spiro atoms. The molecular weight excluding hydrogens is 376 g/mol. The van der Waals surface area contributed by atoms with Gasteiger partial charge in [0.1, 0.15) is 30.0 Å². The molecule has 0 N–H and O–H groups in total. The Morgan fingerprint density at radius 3 is 1.72 bits per heavy atom. The van der Waals surface area contributed by atoms with E-state index in [-0.39, 0.29) is 13.0 Å². The molecule has 154 valence electrons. The number of carbonyl (C=O) groups excluding carboxylic acids is 1. The standard InChI is InChI=1S/C21H24N2O6/c1-25-18-9-5-15(6-10-18)21(16-7-11-19(26-2)12-8-16)23-29-14-17(22-28-4)13-20(24)27-3/h5-12H,13-14H2,1-4H3. The lowest BCUT2D eigenvalue weighted by Crippen LogP contribution is -2.15. The summed E-state index contributed by atoms with van der Waals surface area (Å²) >= 11 is 0. The van der Waals surface area contributed by atoms with E-state index in [1.165, 1.54) is 14.2 Å². The molecule has 0 fully saturated rings. The lowest BCUT2D eigenvalue weighted by Gasteiger charge is -2.10. The van der Waals surface area contributed by atoms with E-state index in [2.05, 4.69) is 15.0 Å². The molecule has 0 unspecified atom stereocenters. The van der Waals surface area contributed by atoms with Gasteiger partial charge in [0.25, 0.3) is 0 Å². The largest absolute Gasteiger partial charge is 0.497 e. The average molecular weight is 400 g/mol. The number of esters is 1. The lowest BCUT2D eigenvalue weighted by molar-refractivity contribution is -0.139. The maximum atomic E-state index is 11.5. The summed E-state index contributed by atoms with van der Waals surface area (Å²) < 4.78 is 15.1. The molecular formula is C21H24N2O6. The predicted octanol–water partition coefficient (Wildman–Crippen LogP) is 3.04. The highest BCUT2D eigenvalue weighted by atomic mass is 16.6. The molecule has 8 nitrogen and oxygen atoms in total. The van der Waals surface area contributed by atoms with Gasteiger partial charge < -0.3 is 23.9 Å². The molecule has 0 saturated heterocycles. The smallest absolute Gasteiger partial charge is 0.311 e. The third-order valence-corrected chi connectivity index (χ3v) is 3.91. The SMILES string of the molecule is CON=C(CON=C(c1ccc(OC)cc1)c1ccc(OC)cc1)CC(=O)OC. The van der Waals surface area contributed by atoms with Crippen molar-refractivity contribution in [2.75, 3.05) is 35.0 Å². The van der Waals surface area contributed by atoms with E-state index in [0.29, 0.717) is 11.4 Å². The Bertz CT molecular complexity index is 795. The van der Waals surface area contributed by atoms with Crippen LogP contribution >= 0.6 is 0 Å². The second-order valence-electron chi connectivity index (χ2n) is 5.76. The average Bonchev–Trinajstić information content (AvgIpc) is 2.77. The molecule has 0 radical (unpaired) electrons. The van der Waals surface area contributed by atoms with Crippen molar-refractivity contribution in [1.82, 2.24) is 0 Å². The van der Waals surface area contributed by atoms with Crippen LogP contribution in [0.4, 0.5) is 0 Å². The first-order valence-electron chi connectivity index (χ1n) is 8.75. The van der Waals surface area contributed by atoms with Gasteiger partial charge in [-0.15, -0.1) is 0 Å². The monoisotopic (exact) mass is 400 g/mol. The van der Waals surface area contributed by atoms with Gasteiger partial charge >= 0.3 is 5.97 Å². The summed E-state index contributed by atoms with van der Waals surface area (Å²) in [6.45, 7) is -0.0290. The second-order valence-corrected chi connectivity index (χ2v) is 5.76. The van der Waals surface area contributed by atoms with E-state index in [4.69, 9.17) is 19.1 Å². The normalized spacial score (nSPS) is 10.7. The van der Waals surface area contributed by atoms with Crippen LogP contribution in [0.1, 0.15) is 17.5 Å². The van der Waals surface area contributed by atoms with Gasteiger partial charge in [0.15, 0.2) is 6.61 Å². The highest BCUT2D eigenvalue weighted by Gasteiger charge is 2.12. The molecule has 2 rings (SSSR count). The third-order valence-electron chi connectivity index (χ3n) is 3.91. The summed E-state index contributed by atoms with van der Waals surface area (Å²) in [5, 5.41) is 8.07. The number of oxime groups is 2. The minimum absolute atomic E-state index is 0.0290. The molecule has 0 aromatic heterocycles. The van der Waals surface area contributed by atoms with Crippen molar-refractivity contribution in [3.8, 4) is 11.5 Å². The van der Waals surface area contributed by atoms with Crippen molar-refractivity contribution in [1.29, 1.82) is 0 Å². The van der Waals surface area contributed by atoms with E-state index < -0.39 is 5.97 Å².